The van der Waals surface area contributed by atoms with E-state index in [4.69, 9.17) is 20.8 Å². The van der Waals surface area contributed by atoms with E-state index < -0.39 is 0 Å². The van der Waals surface area contributed by atoms with Crippen molar-refractivity contribution < 1.29 is 9.15 Å². The molecule has 1 aromatic heterocycles. The Morgan fingerprint density at radius 2 is 2.05 bits per heavy atom. The third-order valence-corrected chi connectivity index (χ3v) is 3.80. The third kappa shape index (κ3) is 3.22. The van der Waals surface area contributed by atoms with E-state index in [1.807, 2.05) is 18.2 Å². The van der Waals surface area contributed by atoms with Crippen LogP contribution >= 0.6 is 11.6 Å². The zero-order chi connectivity index (χ0) is 14.7. The van der Waals surface area contributed by atoms with Crippen molar-refractivity contribution in [2.75, 3.05) is 25.1 Å². The number of rotatable bonds is 4. The Bertz CT molecular complexity index is 645. The largest absolute Gasteiger partial charge is 0.495 e. The summed E-state index contributed by atoms with van der Waals surface area (Å²) in [6, 6.07) is 9.34. The fourth-order valence-corrected chi connectivity index (χ4v) is 2.64. The highest BCUT2D eigenvalue weighted by molar-refractivity contribution is 6.32. The summed E-state index contributed by atoms with van der Waals surface area (Å²) in [6.07, 6.45) is 4.17. The fraction of sp³-hybridized carbons (Fsp3) is 0.312. The summed E-state index contributed by atoms with van der Waals surface area (Å²) in [5.41, 5.74) is 0.764. The molecule has 2 heterocycles. The maximum atomic E-state index is 6.07. The number of methoxy groups -OCH3 is 1. The second-order valence-electron chi connectivity index (χ2n) is 4.95. The van der Waals surface area contributed by atoms with E-state index in [1.165, 1.54) is 12.8 Å². The lowest BCUT2D eigenvalue weighted by Gasteiger charge is -2.12. The molecule has 1 aliphatic heterocycles. The summed E-state index contributed by atoms with van der Waals surface area (Å²) in [5.74, 6) is 2.30. The van der Waals surface area contributed by atoms with Gasteiger partial charge in [-0.25, -0.2) is 0 Å². The monoisotopic (exact) mass is 304 g/mol. The molecule has 0 spiro atoms. The zero-order valence-corrected chi connectivity index (χ0v) is 12.6. The zero-order valence-electron chi connectivity index (χ0n) is 11.9. The molecule has 21 heavy (non-hydrogen) atoms. The molecule has 0 unspecified atom stereocenters. The van der Waals surface area contributed by atoms with Crippen LogP contribution in [0.15, 0.2) is 39.7 Å². The number of anilines is 1. The molecule has 110 valence electrons. The number of hydrogen-bond donors (Lipinski definition) is 0. The van der Waals surface area contributed by atoms with Gasteiger partial charge in [0.05, 0.1) is 24.0 Å². The molecule has 1 aromatic carbocycles. The molecular formula is C16H17ClN2O2. The second-order valence-corrected chi connectivity index (χ2v) is 5.35. The van der Waals surface area contributed by atoms with E-state index in [1.54, 1.807) is 25.5 Å². The van der Waals surface area contributed by atoms with Crippen molar-refractivity contribution in [2.24, 2.45) is 4.99 Å². The van der Waals surface area contributed by atoms with Gasteiger partial charge in [-0.05, 0) is 37.1 Å². The molecule has 1 fully saturated rings. The van der Waals surface area contributed by atoms with E-state index in [-0.39, 0.29) is 0 Å². The Morgan fingerprint density at radius 3 is 2.76 bits per heavy atom. The van der Waals surface area contributed by atoms with E-state index >= 15 is 0 Å². The second kappa shape index (κ2) is 6.22. The molecule has 3 rings (SSSR count). The van der Waals surface area contributed by atoms with E-state index in [0.717, 1.165) is 30.4 Å². The fourth-order valence-electron chi connectivity index (χ4n) is 2.39. The SMILES string of the molecule is COc1ccc(N=Cc2ccc(N3CCCC3)o2)cc1Cl. The summed E-state index contributed by atoms with van der Waals surface area (Å²) in [4.78, 5) is 6.63. The van der Waals surface area contributed by atoms with Crippen LogP contribution in [-0.4, -0.2) is 26.4 Å². The first-order chi connectivity index (χ1) is 10.3. The highest BCUT2D eigenvalue weighted by atomic mass is 35.5. The number of halogens is 1. The Kier molecular flexibility index (Phi) is 4.15. The quantitative estimate of drug-likeness (QED) is 0.791. The molecule has 0 radical (unpaired) electrons. The minimum atomic E-state index is 0.546. The van der Waals surface area contributed by atoms with Gasteiger partial charge in [-0.3, -0.25) is 4.99 Å². The van der Waals surface area contributed by atoms with Gasteiger partial charge < -0.3 is 14.1 Å². The number of hydrogen-bond acceptors (Lipinski definition) is 4. The topological polar surface area (TPSA) is 38.0 Å². The standard InChI is InChI=1S/C16H17ClN2O2/c1-20-15-6-4-12(10-14(15)17)18-11-13-5-7-16(21-13)19-8-2-3-9-19/h4-7,10-11H,2-3,8-9H2,1H3. The minimum absolute atomic E-state index is 0.546. The molecule has 0 aliphatic carbocycles. The summed E-state index contributed by atoms with van der Waals surface area (Å²) in [6.45, 7) is 2.14. The Morgan fingerprint density at radius 1 is 1.24 bits per heavy atom. The smallest absolute Gasteiger partial charge is 0.196 e. The van der Waals surface area contributed by atoms with E-state index in [0.29, 0.717) is 10.8 Å². The summed E-state index contributed by atoms with van der Waals surface area (Å²) >= 11 is 6.07. The highest BCUT2D eigenvalue weighted by Gasteiger charge is 2.15. The molecule has 2 aromatic rings. The molecule has 1 saturated heterocycles. The lowest BCUT2D eigenvalue weighted by Crippen LogP contribution is -2.16. The summed E-state index contributed by atoms with van der Waals surface area (Å²) < 4.78 is 10.9. The average Bonchev–Trinajstić information content (AvgIpc) is 3.16. The first-order valence-corrected chi connectivity index (χ1v) is 7.36. The van der Waals surface area contributed by atoms with Crippen LogP contribution in [-0.2, 0) is 0 Å². The lowest BCUT2D eigenvalue weighted by atomic mass is 10.3. The molecular weight excluding hydrogens is 288 g/mol. The van der Waals surface area contributed by atoms with Crippen LogP contribution in [0.2, 0.25) is 5.02 Å². The maximum absolute atomic E-state index is 6.07. The average molecular weight is 305 g/mol. The van der Waals surface area contributed by atoms with Crippen molar-refractivity contribution >= 4 is 29.4 Å². The van der Waals surface area contributed by atoms with Gasteiger partial charge in [0.25, 0.3) is 0 Å². The van der Waals surface area contributed by atoms with Gasteiger partial charge in [-0.15, -0.1) is 0 Å². The van der Waals surface area contributed by atoms with Gasteiger partial charge >= 0.3 is 0 Å². The van der Waals surface area contributed by atoms with Crippen molar-refractivity contribution in [3.05, 3.63) is 41.1 Å². The van der Waals surface area contributed by atoms with Crippen LogP contribution in [0.5, 0.6) is 5.75 Å². The number of nitrogens with zero attached hydrogens (tertiary/aromatic N) is 2. The van der Waals surface area contributed by atoms with Crippen LogP contribution in [0.1, 0.15) is 18.6 Å². The summed E-state index contributed by atoms with van der Waals surface area (Å²) in [5, 5.41) is 0.546. The van der Waals surface area contributed by atoms with E-state index in [9.17, 15) is 0 Å². The molecule has 1 aliphatic rings. The number of aliphatic imine (C=N–C) groups is 1. The predicted molar refractivity (Wildman–Crippen MR) is 85.4 cm³/mol. The Labute approximate surface area is 129 Å². The molecule has 0 N–H and O–H groups in total. The minimum Gasteiger partial charge on any atom is -0.495 e. The Hall–Kier alpha value is -1.94. The van der Waals surface area contributed by atoms with Crippen LogP contribution in [0.3, 0.4) is 0 Å². The van der Waals surface area contributed by atoms with Crippen LogP contribution in [0.25, 0.3) is 0 Å². The lowest BCUT2D eigenvalue weighted by molar-refractivity contribution is 0.415. The van der Waals surface area contributed by atoms with Crippen molar-refractivity contribution in [3.8, 4) is 5.75 Å². The van der Waals surface area contributed by atoms with Crippen molar-refractivity contribution in [1.82, 2.24) is 0 Å². The number of furan rings is 1. The molecule has 0 atom stereocenters. The van der Waals surface area contributed by atoms with Gasteiger partial charge in [0, 0.05) is 19.2 Å². The van der Waals surface area contributed by atoms with Crippen molar-refractivity contribution in [3.63, 3.8) is 0 Å². The first-order valence-electron chi connectivity index (χ1n) is 6.98. The van der Waals surface area contributed by atoms with Crippen LogP contribution in [0, 0.1) is 0 Å². The number of benzene rings is 1. The van der Waals surface area contributed by atoms with Gasteiger partial charge in [-0.1, -0.05) is 11.6 Å². The van der Waals surface area contributed by atoms with Gasteiger partial charge in [0.15, 0.2) is 5.88 Å². The van der Waals surface area contributed by atoms with Gasteiger partial charge in [0.2, 0.25) is 0 Å². The van der Waals surface area contributed by atoms with Crippen molar-refractivity contribution in [1.29, 1.82) is 0 Å². The molecule has 5 heteroatoms. The normalized spacial score (nSPS) is 15.0. The predicted octanol–water partition coefficient (Wildman–Crippen LogP) is 4.29. The highest BCUT2D eigenvalue weighted by Crippen LogP contribution is 2.28. The molecule has 4 nitrogen and oxygen atoms in total. The van der Waals surface area contributed by atoms with Gasteiger partial charge in [-0.2, -0.15) is 0 Å². The van der Waals surface area contributed by atoms with Gasteiger partial charge in [0.1, 0.15) is 11.5 Å². The van der Waals surface area contributed by atoms with Crippen LogP contribution in [0.4, 0.5) is 11.6 Å². The molecule has 0 bridgehead atoms. The maximum Gasteiger partial charge on any atom is 0.196 e. The first kappa shape index (κ1) is 14.0. The third-order valence-electron chi connectivity index (χ3n) is 3.51. The Balaban J connectivity index is 1.72. The molecule has 0 saturated carbocycles. The number of ether oxygens (including phenoxy) is 1. The van der Waals surface area contributed by atoms with E-state index in [2.05, 4.69) is 9.89 Å². The van der Waals surface area contributed by atoms with Crippen molar-refractivity contribution in [2.45, 2.75) is 12.8 Å². The molecule has 0 amide bonds. The van der Waals surface area contributed by atoms with Crippen LogP contribution < -0.4 is 9.64 Å². The summed E-state index contributed by atoms with van der Waals surface area (Å²) in [7, 11) is 1.59.